The van der Waals surface area contributed by atoms with Gasteiger partial charge in [-0.3, -0.25) is 0 Å². The molecule has 2 N–H and O–H groups in total. The van der Waals surface area contributed by atoms with Crippen LogP contribution in [-0.4, -0.2) is 0 Å². The molecule has 0 heterocycles. The predicted molar refractivity (Wildman–Crippen MR) is 92.3 cm³/mol. The number of hydrogen-bond donors (Lipinski definition) is 1. The van der Waals surface area contributed by atoms with Crippen molar-refractivity contribution in [2.24, 2.45) is 5.73 Å². The van der Waals surface area contributed by atoms with Crippen LogP contribution in [0.25, 0.3) is 17.2 Å². The molecule has 1 aliphatic carbocycles. The first-order valence-electron chi connectivity index (χ1n) is 7.55. The lowest BCUT2D eigenvalue weighted by Crippen LogP contribution is -2.09. The minimum Gasteiger partial charge on any atom is -0.401 e. The average molecular weight is 283 g/mol. The van der Waals surface area contributed by atoms with Crippen LogP contribution in [0.2, 0.25) is 0 Å². The molecule has 4 rings (SSSR count). The second kappa shape index (κ2) is 5.19. The van der Waals surface area contributed by atoms with Crippen molar-refractivity contribution in [1.29, 1.82) is 0 Å². The van der Waals surface area contributed by atoms with E-state index in [-0.39, 0.29) is 5.92 Å². The normalized spacial score (nSPS) is 13.7. The van der Waals surface area contributed by atoms with Crippen LogP contribution in [-0.2, 0) is 0 Å². The Kier molecular flexibility index (Phi) is 3.05. The topological polar surface area (TPSA) is 26.0 Å². The summed E-state index contributed by atoms with van der Waals surface area (Å²) in [6, 6.07) is 27.4. The summed E-state index contributed by atoms with van der Waals surface area (Å²) in [7, 11) is 0. The molecule has 3 aromatic carbocycles. The third-order valence-corrected chi connectivity index (χ3v) is 4.30. The third kappa shape index (κ3) is 2.03. The molecular formula is C21H17N. The number of hydrogen-bond acceptors (Lipinski definition) is 1. The van der Waals surface area contributed by atoms with Crippen molar-refractivity contribution in [3.63, 3.8) is 0 Å². The zero-order valence-corrected chi connectivity index (χ0v) is 12.2. The molecule has 3 aromatic rings. The molecule has 0 aromatic heterocycles. The molecule has 0 radical (unpaired) electrons. The molecule has 0 saturated heterocycles. The SMILES string of the molecule is NC(=Cc1ccccc1)C1c2ccccc2-c2ccccc21. The van der Waals surface area contributed by atoms with Gasteiger partial charge in [0.2, 0.25) is 0 Å². The quantitative estimate of drug-likeness (QED) is 0.718. The highest BCUT2D eigenvalue weighted by atomic mass is 14.6. The van der Waals surface area contributed by atoms with E-state index in [1.54, 1.807) is 0 Å². The summed E-state index contributed by atoms with van der Waals surface area (Å²) in [5, 5.41) is 0. The smallest absolute Gasteiger partial charge is 0.0497 e. The van der Waals surface area contributed by atoms with Gasteiger partial charge in [0, 0.05) is 11.6 Å². The van der Waals surface area contributed by atoms with Crippen LogP contribution in [0.15, 0.2) is 84.6 Å². The van der Waals surface area contributed by atoms with Gasteiger partial charge in [0.15, 0.2) is 0 Å². The van der Waals surface area contributed by atoms with Crippen molar-refractivity contribution < 1.29 is 0 Å². The first kappa shape index (κ1) is 12.9. The number of fused-ring (bicyclic) bond motifs is 3. The van der Waals surface area contributed by atoms with Crippen LogP contribution in [0.5, 0.6) is 0 Å². The molecule has 0 fully saturated rings. The van der Waals surface area contributed by atoms with Crippen molar-refractivity contribution >= 4 is 6.08 Å². The van der Waals surface area contributed by atoms with Crippen molar-refractivity contribution in [2.45, 2.75) is 5.92 Å². The lowest BCUT2D eigenvalue weighted by atomic mass is 9.92. The zero-order chi connectivity index (χ0) is 14.9. The maximum atomic E-state index is 6.50. The molecule has 106 valence electrons. The molecular weight excluding hydrogens is 266 g/mol. The van der Waals surface area contributed by atoms with Crippen molar-refractivity contribution in [3.8, 4) is 11.1 Å². The number of allylic oxidation sites excluding steroid dienone is 1. The Balaban J connectivity index is 1.87. The Hall–Kier alpha value is -2.80. The zero-order valence-electron chi connectivity index (χ0n) is 12.2. The van der Waals surface area contributed by atoms with Gasteiger partial charge in [0.25, 0.3) is 0 Å². The van der Waals surface area contributed by atoms with Crippen LogP contribution >= 0.6 is 0 Å². The van der Waals surface area contributed by atoms with Gasteiger partial charge in [-0.05, 0) is 33.9 Å². The lowest BCUT2D eigenvalue weighted by molar-refractivity contribution is 0.969. The van der Waals surface area contributed by atoms with Crippen LogP contribution in [0.1, 0.15) is 22.6 Å². The van der Waals surface area contributed by atoms with Crippen LogP contribution in [0, 0.1) is 0 Å². The largest absolute Gasteiger partial charge is 0.401 e. The molecule has 0 amide bonds. The molecule has 0 spiro atoms. The Labute approximate surface area is 130 Å². The van der Waals surface area contributed by atoms with E-state index in [1.807, 2.05) is 18.2 Å². The standard InChI is InChI=1S/C21H17N/c22-20(14-15-8-2-1-3-9-15)21-18-12-6-4-10-16(18)17-11-5-7-13-19(17)21/h1-14,21H,22H2. The predicted octanol–water partition coefficient (Wildman–Crippen LogP) is 4.80. The van der Waals surface area contributed by atoms with E-state index >= 15 is 0 Å². The molecule has 0 aliphatic heterocycles. The molecule has 0 atom stereocenters. The number of nitrogens with two attached hydrogens (primary N) is 1. The molecule has 22 heavy (non-hydrogen) atoms. The summed E-state index contributed by atoms with van der Waals surface area (Å²) >= 11 is 0. The highest BCUT2D eigenvalue weighted by molar-refractivity contribution is 5.81. The number of benzene rings is 3. The van der Waals surface area contributed by atoms with Crippen molar-refractivity contribution in [1.82, 2.24) is 0 Å². The van der Waals surface area contributed by atoms with Crippen molar-refractivity contribution in [2.75, 3.05) is 0 Å². The van der Waals surface area contributed by atoms with Crippen molar-refractivity contribution in [3.05, 3.63) is 101 Å². The summed E-state index contributed by atoms with van der Waals surface area (Å²) in [6.45, 7) is 0. The minimum absolute atomic E-state index is 0.146. The summed E-state index contributed by atoms with van der Waals surface area (Å²) in [5.74, 6) is 0.146. The van der Waals surface area contributed by atoms with Gasteiger partial charge in [0.1, 0.15) is 0 Å². The van der Waals surface area contributed by atoms with Gasteiger partial charge in [-0.1, -0.05) is 78.9 Å². The maximum absolute atomic E-state index is 6.50. The van der Waals surface area contributed by atoms with Gasteiger partial charge in [-0.25, -0.2) is 0 Å². The summed E-state index contributed by atoms with van der Waals surface area (Å²) < 4.78 is 0. The first-order valence-corrected chi connectivity index (χ1v) is 7.55. The van der Waals surface area contributed by atoms with Gasteiger partial charge in [-0.15, -0.1) is 0 Å². The van der Waals surface area contributed by atoms with Gasteiger partial charge in [0.05, 0.1) is 0 Å². The van der Waals surface area contributed by atoms with E-state index in [0.29, 0.717) is 0 Å². The molecule has 0 unspecified atom stereocenters. The van der Waals surface area contributed by atoms with E-state index in [9.17, 15) is 0 Å². The van der Waals surface area contributed by atoms with Crippen LogP contribution in [0.4, 0.5) is 0 Å². The third-order valence-electron chi connectivity index (χ3n) is 4.30. The Morgan fingerprint density at radius 2 is 1.18 bits per heavy atom. The van der Waals surface area contributed by atoms with E-state index < -0.39 is 0 Å². The Morgan fingerprint density at radius 3 is 1.77 bits per heavy atom. The molecule has 1 heteroatoms. The minimum atomic E-state index is 0.146. The summed E-state index contributed by atoms with van der Waals surface area (Å²) in [5.41, 5.74) is 13.7. The summed E-state index contributed by atoms with van der Waals surface area (Å²) in [6.07, 6.45) is 2.09. The van der Waals surface area contributed by atoms with Gasteiger partial charge >= 0.3 is 0 Å². The second-order valence-electron chi connectivity index (χ2n) is 5.66. The highest BCUT2D eigenvalue weighted by Gasteiger charge is 2.29. The highest BCUT2D eigenvalue weighted by Crippen LogP contribution is 2.46. The lowest BCUT2D eigenvalue weighted by Gasteiger charge is -2.14. The van der Waals surface area contributed by atoms with E-state index in [1.165, 1.54) is 22.3 Å². The molecule has 0 saturated carbocycles. The molecule has 1 nitrogen and oxygen atoms in total. The fourth-order valence-electron chi connectivity index (χ4n) is 3.34. The molecule has 0 bridgehead atoms. The van der Waals surface area contributed by atoms with Gasteiger partial charge < -0.3 is 5.73 Å². The van der Waals surface area contributed by atoms with Crippen LogP contribution < -0.4 is 5.73 Å². The Bertz CT molecular complexity index is 801. The fourth-order valence-corrected chi connectivity index (χ4v) is 3.34. The maximum Gasteiger partial charge on any atom is 0.0497 e. The van der Waals surface area contributed by atoms with E-state index in [4.69, 9.17) is 5.73 Å². The second-order valence-corrected chi connectivity index (χ2v) is 5.66. The first-order chi connectivity index (χ1) is 10.8. The summed E-state index contributed by atoms with van der Waals surface area (Å²) in [4.78, 5) is 0. The van der Waals surface area contributed by atoms with E-state index in [2.05, 4.69) is 66.7 Å². The van der Waals surface area contributed by atoms with Gasteiger partial charge in [-0.2, -0.15) is 0 Å². The number of rotatable bonds is 2. The Morgan fingerprint density at radius 1 is 0.682 bits per heavy atom. The average Bonchev–Trinajstić information content (AvgIpc) is 2.90. The van der Waals surface area contributed by atoms with E-state index in [0.717, 1.165) is 11.3 Å². The fraction of sp³-hybridized carbons (Fsp3) is 0.0476. The van der Waals surface area contributed by atoms with Crippen LogP contribution in [0.3, 0.4) is 0 Å². The monoisotopic (exact) mass is 283 g/mol. The molecule has 1 aliphatic rings.